The molecule has 2 fully saturated rings. The van der Waals surface area contributed by atoms with Gasteiger partial charge in [0.15, 0.2) is 6.10 Å². The zero-order chi connectivity index (χ0) is 21.5. The van der Waals surface area contributed by atoms with Gasteiger partial charge in [0.25, 0.3) is 5.91 Å². The second kappa shape index (κ2) is 7.72. The molecule has 0 aromatic heterocycles. The van der Waals surface area contributed by atoms with Crippen molar-refractivity contribution in [1.29, 1.82) is 0 Å². The number of hydroxylamine groups is 1. The SMILES string of the molecule is COc1ccc(N2C(=O)[C@H]3[C@@H](c4ccc(Cl)cc4)N(c4ccccc4)O[C@H]3C2=O)cc1. The highest BCUT2D eigenvalue weighted by Crippen LogP contribution is 2.47. The standard InChI is InChI=1S/C24H19ClN2O4/c1-30-19-13-11-17(12-14-19)26-23(28)20-21(15-7-9-16(25)10-8-15)27(31-22(20)24(26)29)18-5-3-2-4-6-18/h2-14,20-22H,1H3/t20-,21+,22+/m0/s1. The van der Waals surface area contributed by atoms with E-state index >= 15 is 0 Å². The number of imide groups is 1. The van der Waals surface area contributed by atoms with Crippen LogP contribution in [0.5, 0.6) is 5.75 Å². The van der Waals surface area contributed by atoms with Gasteiger partial charge in [0.1, 0.15) is 11.7 Å². The Kier molecular flexibility index (Phi) is 4.88. The fraction of sp³-hybridized carbons (Fsp3) is 0.167. The van der Waals surface area contributed by atoms with Crippen LogP contribution in [-0.2, 0) is 14.4 Å². The van der Waals surface area contributed by atoms with E-state index in [1.165, 1.54) is 4.90 Å². The van der Waals surface area contributed by atoms with E-state index in [1.807, 2.05) is 42.5 Å². The molecule has 2 aliphatic heterocycles. The molecular weight excluding hydrogens is 416 g/mol. The van der Waals surface area contributed by atoms with Gasteiger partial charge in [0, 0.05) is 5.02 Å². The number of nitrogens with zero attached hydrogens (tertiary/aromatic N) is 2. The third-order valence-electron chi connectivity index (χ3n) is 5.67. The molecular formula is C24H19ClN2O4. The third-order valence-corrected chi connectivity index (χ3v) is 5.92. The lowest BCUT2D eigenvalue weighted by Crippen LogP contribution is -2.37. The van der Waals surface area contributed by atoms with Crippen molar-refractivity contribution in [1.82, 2.24) is 0 Å². The van der Waals surface area contributed by atoms with Crippen LogP contribution >= 0.6 is 11.6 Å². The van der Waals surface area contributed by atoms with E-state index in [2.05, 4.69) is 0 Å². The Morgan fingerprint density at radius 1 is 0.839 bits per heavy atom. The number of hydrogen-bond donors (Lipinski definition) is 0. The van der Waals surface area contributed by atoms with Crippen molar-refractivity contribution >= 4 is 34.8 Å². The molecule has 3 aromatic rings. The van der Waals surface area contributed by atoms with E-state index in [9.17, 15) is 9.59 Å². The molecule has 0 bridgehead atoms. The van der Waals surface area contributed by atoms with Crippen molar-refractivity contribution in [3.05, 3.63) is 89.4 Å². The summed E-state index contributed by atoms with van der Waals surface area (Å²) in [6, 6.07) is 23.1. The molecule has 31 heavy (non-hydrogen) atoms. The molecule has 0 aliphatic carbocycles. The lowest BCUT2D eigenvalue weighted by Gasteiger charge is -2.28. The molecule has 156 valence electrons. The zero-order valence-corrected chi connectivity index (χ0v) is 17.4. The molecule has 0 radical (unpaired) electrons. The number of halogens is 1. The van der Waals surface area contributed by atoms with Crippen molar-refractivity contribution in [2.75, 3.05) is 17.1 Å². The summed E-state index contributed by atoms with van der Waals surface area (Å²) < 4.78 is 5.18. The van der Waals surface area contributed by atoms with Crippen molar-refractivity contribution < 1.29 is 19.2 Å². The highest BCUT2D eigenvalue weighted by molar-refractivity contribution is 6.30. The number of fused-ring (bicyclic) bond motifs is 1. The molecule has 6 nitrogen and oxygen atoms in total. The number of rotatable bonds is 4. The van der Waals surface area contributed by atoms with Crippen LogP contribution in [0.2, 0.25) is 5.02 Å². The Labute approximate surface area is 184 Å². The largest absolute Gasteiger partial charge is 0.497 e. The van der Waals surface area contributed by atoms with Crippen molar-refractivity contribution in [3.8, 4) is 5.75 Å². The number of amides is 2. The van der Waals surface area contributed by atoms with E-state index in [-0.39, 0.29) is 11.8 Å². The average molecular weight is 435 g/mol. The fourth-order valence-corrected chi connectivity index (χ4v) is 4.32. The molecule has 0 spiro atoms. The summed E-state index contributed by atoms with van der Waals surface area (Å²) >= 11 is 6.08. The van der Waals surface area contributed by atoms with E-state index in [0.29, 0.717) is 16.5 Å². The molecule has 3 aromatic carbocycles. The summed E-state index contributed by atoms with van der Waals surface area (Å²) in [5, 5.41) is 2.26. The van der Waals surface area contributed by atoms with Crippen LogP contribution in [-0.4, -0.2) is 25.0 Å². The zero-order valence-electron chi connectivity index (χ0n) is 16.6. The first-order valence-electron chi connectivity index (χ1n) is 9.87. The minimum atomic E-state index is -0.907. The van der Waals surface area contributed by atoms with Crippen LogP contribution in [0.1, 0.15) is 11.6 Å². The molecule has 7 heteroatoms. The Morgan fingerprint density at radius 3 is 2.16 bits per heavy atom. The highest BCUT2D eigenvalue weighted by atomic mass is 35.5. The number of anilines is 2. The summed E-state index contributed by atoms with van der Waals surface area (Å²) in [6.07, 6.45) is -0.907. The number of para-hydroxylation sites is 1. The fourth-order valence-electron chi connectivity index (χ4n) is 4.20. The Balaban J connectivity index is 1.56. The average Bonchev–Trinajstić information content (AvgIpc) is 3.31. The third kappa shape index (κ3) is 3.24. The number of ether oxygens (including phenoxy) is 1. The van der Waals surface area contributed by atoms with E-state index < -0.39 is 18.1 Å². The van der Waals surface area contributed by atoms with Gasteiger partial charge in [-0.25, -0.2) is 9.96 Å². The van der Waals surface area contributed by atoms with Gasteiger partial charge >= 0.3 is 0 Å². The maximum atomic E-state index is 13.5. The Bertz CT molecular complexity index is 1120. The number of benzene rings is 3. The molecule has 3 atom stereocenters. The molecule has 0 unspecified atom stereocenters. The monoisotopic (exact) mass is 434 g/mol. The lowest BCUT2D eigenvalue weighted by molar-refractivity contribution is -0.126. The minimum Gasteiger partial charge on any atom is -0.497 e. The first-order valence-corrected chi connectivity index (χ1v) is 10.2. The van der Waals surface area contributed by atoms with Crippen molar-refractivity contribution in [3.63, 3.8) is 0 Å². The van der Waals surface area contributed by atoms with E-state index in [0.717, 1.165) is 11.3 Å². The van der Waals surface area contributed by atoms with Gasteiger partial charge in [0.2, 0.25) is 5.91 Å². The maximum absolute atomic E-state index is 13.5. The van der Waals surface area contributed by atoms with E-state index in [4.69, 9.17) is 21.2 Å². The minimum absolute atomic E-state index is 0.293. The summed E-state index contributed by atoms with van der Waals surface area (Å²) in [5.41, 5.74) is 2.11. The first-order chi connectivity index (χ1) is 15.1. The number of hydrogen-bond acceptors (Lipinski definition) is 5. The topological polar surface area (TPSA) is 59.1 Å². The van der Waals surface area contributed by atoms with Gasteiger partial charge < -0.3 is 4.74 Å². The Hall–Kier alpha value is -3.35. The summed E-state index contributed by atoms with van der Waals surface area (Å²) in [6.45, 7) is 0. The second-order valence-electron chi connectivity index (χ2n) is 7.42. The molecule has 0 saturated carbocycles. The molecule has 2 heterocycles. The lowest BCUT2D eigenvalue weighted by atomic mass is 9.90. The van der Waals surface area contributed by atoms with Gasteiger partial charge in [-0.3, -0.25) is 14.4 Å². The maximum Gasteiger partial charge on any atom is 0.266 e. The van der Waals surface area contributed by atoms with Crippen LogP contribution in [0, 0.1) is 5.92 Å². The first kappa shape index (κ1) is 19.6. The highest BCUT2D eigenvalue weighted by Gasteiger charge is 2.60. The molecule has 0 N–H and O–H groups in total. The summed E-state index contributed by atoms with van der Waals surface area (Å²) in [4.78, 5) is 34.1. The predicted octanol–water partition coefficient (Wildman–Crippen LogP) is 4.40. The van der Waals surface area contributed by atoms with Gasteiger partial charge in [-0.1, -0.05) is 41.9 Å². The number of methoxy groups -OCH3 is 1. The van der Waals surface area contributed by atoms with Crippen molar-refractivity contribution in [2.24, 2.45) is 5.92 Å². The number of carbonyl (C=O) groups excluding carboxylic acids is 2. The van der Waals surface area contributed by atoms with Gasteiger partial charge in [-0.15, -0.1) is 0 Å². The van der Waals surface area contributed by atoms with Crippen LogP contribution in [0.15, 0.2) is 78.9 Å². The van der Waals surface area contributed by atoms with Gasteiger partial charge in [0.05, 0.1) is 24.5 Å². The van der Waals surface area contributed by atoms with Crippen molar-refractivity contribution in [2.45, 2.75) is 12.1 Å². The summed E-state index contributed by atoms with van der Waals surface area (Å²) in [7, 11) is 1.56. The van der Waals surface area contributed by atoms with Crippen LogP contribution in [0.3, 0.4) is 0 Å². The summed E-state index contributed by atoms with van der Waals surface area (Å²) in [5.74, 6) is -0.708. The van der Waals surface area contributed by atoms with Crippen LogP contribution < -0.4 is 14.7 Å². The normalized spacial score (nSPS) is 22.7. The number of carbonyl (C=O) groups is 2. The Morgan fingerprint density at radius 2 is 1.52 bits per heavy atom. The quantitative estimate of drug-likeness (QED) is 0.570. The molecule has 2 amide bonds. The van der Waals surface area contributed by atoms with Crippen LogP contribution in [0.4, 0.5) is 11.4 Å². The molecule has 5 rings (SSSR count). The second-order valence-corrected chi connectivity index (χ2v) is 7.86. The molecule has 2 aliphatic rings. The smallest absolute Gasteiger partial charge is 0.266 e. The molecule has 2 saturated heterocycles. The van der Waals surface area contributed by atoms with Crippen LogP contribution in [0.25, 0.3) is 0 Å². The van der Waals surface area contributed by atoms with Gasteiger partial charge in [-0.2, -0.15) is 0 Å². The van der Waals surface area contributed by atoms with E-state index in [1.54, 1.807) is 48.6 Å². The predicted molar refractivity (Wildman–Crippen MR) is 117 cm³/mol. The van der Waals surface area contributed by atoms with Gasteiger partial charge in [-0.05, 0) is 54.1 Å².